The van der Waals surface area contributed by atoms with Crippen LogP contribution in [0.25, 0.3) is 0 Å². The second-order valence-electron chi connectivity index (χ2n) is 4.90. The van der Waals surface area contributed by atoms with Gasteiger partial charge in [0.1, 0.15) is 5.75 Å². The van der Waals surface area contributed by atoms with Gasteiger partial charge in [0, 0.05) is 23.7 Å². The molecular weight excluding hydrogens is 240 g/mol. The maximum Gasteiger partial charge on any atom is 0.251 e. The molecule has 1 atom stereocenters. The van der Waals surface area contributed by atoms with Gasteiger partial charge in [0.25, 0.3) is 5.91 Å². The predicted molar refractivity (Wildman–Crippen MR) is 77.2 cm³/mol. The van der Waals surface area contributed by atoms with E-state index in [-0.39, 0.29) is 17.7 Å². The lowest BCUT2D eigenvalue weighted by Crippen LogP contribution is -2.42. The smallest absolute Gasteiger partial charge is 0.251 e. The lowest BCUT2D eigenvalue weighted by molar-refractivity contribution is 0.0947. The van der Waals surface area contributed by atoms with E-state index in [0.29, 0.717) is 23.6 Å². The number of phenolic OH excluding ortho intramolecular Hbond substituents is 1. The van der Waals surface area contributed by atoms with Gasteiger partial charge < -0.3 is 16.2 Å². The van der Waals surface area contributed by atoms with E-state index < -0.39 is 0 Å². The van der Waals surface area contributed by atoms with Crippen LogP contribution in [0.15, 0.2) is 18.2 Å². The summed E-state index contributed by atoms with van der Waals surface area (Å²) in [6.07, 6.45) is 2.03. The molecule has 4 N–H and O–H groups in total. The van der Waals surface area contributed by atoms with Crippen LogP contribution in [0, 0.1) is 12.8 Å². The monoisotopic (exact) mass is 264 g/mol. The Labute approximate surface area is 115 Å². The van der Waals surface area contributed by atoms with Crippen LogP contribution in [0.3, 0.4) is 0 Å². The number of carbonyl (C=O) groups is 1. The number of nitrogens with one attached hydrogen (secondary N) is 1. The summed E-state index contributed by atoms with van der Waals surface area (Å²) in [5.74, 6) is 0.373. The molecule has 1 rings (SSSR count). The van der Waals surface area contributed by atoms with Crippen LogP contribution in [0.5, 0.6) is 5.75 Å². The van der Waals surface area contributed by atoms with Crippen LogP contribution < -0.4 is 11.1 Å². The van der Waals surface area contributed by atoms with Crippen molar-refractivity contribution in [3.8, 4) is 5.75 Å². The first-order valence-corrected chi connectivity index (χ1v) is 6.83. The molecule has 106 valence electrons. The minimum Gasteiger partial charge on any atom is -0.508 e. The Morgan fingerprint density at radius 2 is 2.00 bits per heavy atom. The zero-order valence-corrected chi connectivity index (χ0v) is 11.9. The summed E-state index contributed by atoms with van der Waals surface area (Å²) in [6.45, 7) is 6.40. The summed E-state index contributed by atoms with van der Waals surface area (Å²) < 4.78 is 0. The number of nitrogens with two attached hydrogens (primary N) is 1. The molecule has 0 heterocycles. The SMILES string of the molecule is CCC(CC)C(N)CNC(=O)c1cccc(O)c1C. The number of amides is 1. The molecule has 19 heavy (non-hydrogen) atoms. The highest BCUT2D eigenvalue weighted by molar-refractivity contribution is 5.96. The van der Waals surface area contributed by atoms with Crippen molar-refractivity contribution in [1.82, 2.24) is 5.32 Å². The van der Waals surface area contributed by atoms with E-state index in [0.717, 1.165) is 12.8 Å². The normalized spacial score (nSPS) is 12.5. The van der Waals surface area contributed by atoms with Crippen molar-refractivity contribution >= 4 is 5.91 Å². The highest BCUT2D eigenvalue weighted by atomic mass is 16.3. The largest absolute Gasteiger partial charge is 0.508 e. The molecule has 1 aromatic rings. The fraction of sp³-hybridized carbons (Fsp3) is 0.533. The lowest BCUT2D eigenvalue weighted by Gasteiger charge is -2.21. The van der Waals surface area contributed by atoms with E-state index in [1.807, 2.05) is 0 Å². The average molecular weight is 264 g/mol. The van der Waals surface area contributed by atoms with Crippen LogP contribution >= 0.6 is 0 Å². The molecular formula is C15H24N2O2. The van der Waals surface area contributed by atoms with Crippen molar-refractivity contribution < 1.29 is 9.90 Å². The molecule has 0 saturated carbocycles. The molecule has 1 unspecified atom stereocenters. The molecule has 1 aromatic carbocycles. The second-order valence-corrected chi connectivity index (χ2v) is 4.90. The molecule has 0 saturated heterocycles. The van der Waals surface area contributed by atoms with E-state index in [4.69, 9.17) is 5.73 Å². The highest BCUT2D eigenvalue weighted by Gasteiger charge is 2.16. The molecule has 0 spiro atoms. The number of aromatic hydroxyl groups is 1. The van der Waals surface area contributed by atoms with Gasteiger partial charge in [-0.15, -0.1) is 0 Å². The van der Waals surface area contributed by atoms with Gasteiger partial charge >= 0.3 is 0 Å². The van der Waals surface area contributed by atoms with Crippen molar-refractivity contribution in [1.29, 1.82) is 0 Å². The van der Waals surface area contributed by atoms with E-state index in [9.17, 15) is 9.90 Å². The number of benzene rings is 1. The summed E-state index contributed by atoms with van der Waals surface area (Å²) in [5.41, 5.74) is 7.16. The van der Waals surface area contributed by atoms with Gasteiger partial charge in [-0.1, -0.05) is 32.8 Å². The van der Waals surface area contributed by atoms with Gasteiger partial charge in [-0.25, -0.2) is 0 Å². The minimum atomic E-state index is -0.185. The Morgan fingerprint density at radius 3 is 2.58 bits per heavy atom. The van der Waals surface area contributed by atoms with Gasteiger partial charge in [0.2, 0.25) is 0 Å². The number of phenols is 1. The van der Waals surface area contributed by atoms with Crippen LogP contribution in [0.2, 0.25) is 0 Å². The summed E-state index contributed by atoms with van der Waals surface area (Å²) >= 11 is 0. The van der Waals surface area contributed by atoms with Crippen molar-refractivity contribution in [2.75, 3.05) is 6.54 Å². The number of carbonyl (C=O) groups excluding carboxylic acids is 1. The minimum absolute atomic E-state index is 0.0310. The Bertz CT molecular complexity index is 428. The van der Waals surface area contributed by atoms with E-state index >= 15 is 0 Å². The summed E-state index contributed by atoms with van der Waals surface area (Å²) in [6, 6.07) is 4.91. The maximum atomic E-state index is 12.0. The topological polar surface area (TPSA) is 75.3 Å². The molecule has 0 aromatic heterocycles. The molecule has 0 bridgehead atoms. The maximum absolute atomic E-state index is 12.0. The molecule has 0 aliphatic rings. The van der Waals surface area contributed by atoms with E-state index in [2.05, 4.69) is 19.2 Å². The molecule has 4 nitrogen and oxygen atoms in total. The molecule has 0 radical (unpaired) electrons. The zero-order chi connectivity index (χ0) is 14.4. The van der Waals surface area contributed by atoms with Gasteiger partial charge in [-0.2, -0.15) is 0 Å². The molecule has 0 fully saturated rings. The van der Waals surface area contributed by atoms with Gasteiger partial charge in [0.05, 0.1) is 0 Å². The third kappa shape index (κ3) is 3.96. The van der Waals surface area contributed by atoms with Crippen LogP contribution in [-0.2, 0) is 0 Å². The highest BCUT2D eigenvalue weighted by Crippen LogP contribution is 2.19. The number of rotatable bonds is 6. The molecule has 0 aliphatic heterocycles. The Kier molecular flexibility index (Phi) is 5.83. The van der Waals surface area contributed by atoms with Crippen molar-refractivity contribution in [3.63, 3.8) is 0 Å². The van der Waals surface area contributed by atoms with Crippen molar-refractivity contribution in [2.24, 2.45) is 11.7 Å². The summed E-state index contributed by atoms with van der Waals surface area (Å²) in [4.78, 5) is 12.0. The van der Waals surface area contributed by atoms with Gasteiger partial charge in [0.15, 0.2) is 0 Å². The van der Waals surface area contributed by atoms with Crippen LogP contribution in [-0.4, -0.2) is 23.6 Å². The first kappa shape index (κ1) is 15.5. The predicted octanol–water partition coefficient (Wildman–Crippen LogP) is 2.19. The third-order valence-electron chi connectivity index (χ3n) is 3.70. The fourth-order valence-electron chi connectivity index (χ4n) is 2.24. The van der Waals surface area contributed by atoms with Gasteiger partial charge in [-0.05, 0) is 25.0 Å². The zero-order valence-electron chi connectivity index (χ0n) is 11.9. The first-order chi connectivity index (χ1) is 9.01. The van der Waals surface area contributed by atoms with Crippen molar-refractivity contribution in [2.45, 2.75) is 39.7 Å². The number of hydrogen-bond acceptors (Lipinski definition) is 3. The standard InChI is InChI=1S/C15H24N2O2/c1-4-11(5-2)13(16)9-17-15(19)12-7-6-8-14(18)10(12)3/h6-8,11,13,18H,4-5,9,16H2,1-3H3,(H,17,19). The summed E-state index contributed by atoms with van der Waals surface area (Å²) in [5, 5.41) is 12.4. The third-order valence-corrected chi connectivity index (χ3v) is 3.70. The van der Waals surface area contributed by atoms with Crippen LogP contribution in [0.4, 0.5) is 0 Å². The first-order valence-electron chi connectivity index (χ1n) is 6.83. The Hall–Kier alpha value is -1.55. The van der Waals surface area contributed by atoms with Crippen LogP contribution in [0.1, 0.15) is 42.6 Å². The van der Waals surface area contributed by atoms with E-state index in [1.54, 1.807) is 25.1 Å². The van der Waals surface area contributed by atoms with Crippen molar-refractivity contribution in [3.05, 3.63) is 29.3 Å². The molecule has 1 amide bonds. The lowest BCUT2D eigenvalue weighted by atomic mass is 9.95. The van der Waals surface area contributed by atoms with Gasteiger partial charge in [-0.3, -0.25) is 4.79 Å². The summed E-state index contributed by atoms with van der Waals surface area (Å²) in [7, 11) is 0. The Morgan fingerprint density at radius 1 is 1.37 bits per heavy atom. The molecule has 4 heteroatoms. The quantitative estimate of drug-likeness (QED) is 0.737. The fourth-order valence-corrected chi connectivity index (χ4v) is 2.24. The average Bonchev–Trinajstić information content (AvgIpc) is 2.40. The molecule has 0 aliphatic carbocycles. The number of hydrogen-bond donors (Lipinski definition) is 3. The Balaban J connectivity index is 2.63. The second kappa shape index (κ2) is 7.14. The van der Waals surface area contributed by atoms with E-state index in [1.165, 1.54) is 0 Å².